The second kappa shape index (κ2) is 56.5. The van der Waals surface area contributed by atoms with E-state index in [1.807, 2.05) is 152 Å². The van der Waals surface area contributed by atoms with E-state index >= 15 is 0 Å². The van der Waals surface area contributed by atoms with Gasteiger partial charge in [0.25, 0.3) is 0 Å². The Kier molecular flexibility index (Phi) is 48.1. The van der Waals surface area contributed by atoms with Crippen molar-refractivity contribution in [2.75, 3.05) is 19.8 Å². The smallest absolute Gasteiger partial charge is 0.462 e. The molecule has 17 nitrogen and oxygen atoms in total. The summed E-state index contributed by atoms with van der Waals surface area (Å²) in [5.74, 6) is -1.69. The van der Waals surface area contributed by atoms with Crippen LogP contribution in [-0.4, -0.2) is 67.7 Å². The zero-order valence-electron chi connectivity index (χ0n) is 62.8. The van der Waals surface area contributed by atoms with Crippen LogP contribution in [-0.2, 0) is 98.0 Å². The van der Waals surface area contributed by atoms with Gasteiger partial charge in [-0.25, -0.2) is 9.13 Å². The van der Waals surface area contributed by atoms with Crippen molar-refractivity contribution in [3.05, 3.63) is 179 Å². The molecule has 0 aliphatic rings. The van der Waals surface area contributed by atoms with E-state index in [9.17, 15) is 28.3 Å². The molecule has 0 fully saturated rings. The standard InChI is InChI=1S/C84H127N3O14P2/c1-4-7-10-13-16-19-22-25-43-58-78(94-66-72-47-33-28-34-48-72)64-81(88)86-77(71-100-103(93,98-69-75-53-39-31-40-54-75)99-70-76-55-41-32-42-56-76)57-46-62-85-84(91)80(61-63-95-102(92,96-67-73-49-35-29-36-50-73)97-68-74-51-37-30-38-52-74)87-82(89)65-79(59-44-26-23-20-17-14-11-8-5-2)101-83(90)60-45-27-24-21-18-15-12-9-6-3/h28-42,47-56,77-80H,4-27,43-46,57-71H2,1-3H3,(H,85,91)(H,86,88)(H,87,89)/t77-,78-,79-,80-/m1/s1. The summed E-state index contributed by atoms with van der Waals surface area (Å²) < 4.78 is 78.0. The van der Waals surface area contributed by atoms with Crippen LogP contribution in [0.2, 0.25) is 0 Å². The zero-order valence-corrected chi connectivity index (χ0v) is 64.5. The molecule has 0 radical (unpaired) electrons. The van der Waals surface area contributed by atoms with Crippen LogP contribution in [0.3, 0.4) is 0 Å². The van der Waals surface area contributed by atoms with E-state index in [2.05, 4.69) is 36.7 Å². The summed E-state index contributed by atoms with van der Waals surface area (Å²) in [6.07, 6.45) is 31.0. The van der Waals surface area contributed by atoms with Crippen LogP contribution in [0.25, 0.3) is 0 Å². The molecular weight excluding hydrogens is 1340 g/mol. The van der Waals surface area contributed by atoms with E-state index < -0.39 is 51.8 Å². The zero-order chi connectivity index (χ0) is 73.4. The third kappa shape index (κ3) is 43.4. The van der Waals surface area contributed by atoms with Crippen LogP contribution in [0, 0.1) is 0 Å². The molecule has 5 aromatic rings. The molecule has 0 unspecified atom stereocenters. The SMILES string of the molecule is CCCCCCCCCCCC(=O)O[C@H](CCCCCCCCCCC)CC(=O)N[C@H](CCOP(=O)(OCc1ccccc1)OCc1ccccc1)C(=O)NCCC[C@H](COP(=O)(OCc1ccccc1)OCc1ccccc1)NC(=O)C[C@@H](CCCCCCCCCCC)OCc1ccccc1. The minimum Gasteiger partial charge on any atom is -0.462 e. The average Bonchev–Trinajstić information content (AvgIpc) is 0.877. The van der Waals surface area contributed by atoms with Gasteiger partial charge in [-0.3, -0.25) is 46.3 Å². The van der Waals surface area contributed by atoms with Crippen molar-refractivity contribution < 1.29 is 64.9 Å². The highest BCUT2D eigenvalue weighted by molar-refractivity contribution is 7.48. The fourth-order valence-corrected chi connectivity index (χ4v) is 14.5. The quantitative estimate of drug-likeness (QED) is 0.0188. The van der Waals surface area contributed by atoms with E-state index in [1.165, 1.54) is 103 Å². The Morgan fingerprint density at radius 1 is 0.359 bits per heavy atom. The third-order valence-electron chi connectivity index (χ3n) is 18.3. The summed E-state index contributed by atoms with van der Waals surface area (Å²) in [5, 5.41) is 9.10. The van der Waals surface area contributed by atoms with Crippen molar-refractivity contribution in [1.82, 2.24) is 16.0 Å². The van der Waals surface area contributed by atoms with E-state index in [0.717, 1.165) is 92.0 Å². The van der Waals surface area contributed by atoms with Gasteiger partial charge in [0.1, 0.15) is 12.1 Å². The highest BCUT2D eigenvalue weighted by atomic mass is 31.2. The highest BCUT2D eigenvalue weighted by Crippen LogP contribution is 2.52. The predicted octanol–water partition coefficient (Wildman–Crippen LogP) is 21.4. The number of nitrogens with one attached hydrogen (secondary N) is 3. The number of esters is 1. The Balaban J connectivity index is 1.35. The Morgan fingerprint density at radius 3 is 1.13 bits per heavy atom. The molecule has 19 heteroatoms. The first-order chi connectivity index (χ1) is 50.4. The molecule has 5 aromatic carbocycles. The van der Waals surface area contributed by atoms with Gasteiger partial charge in [-0.15, -0.1) is 0 Å². The van der Waals surface area contributed by atoms with Crippen LogP contribution in [0.15, 0.2) is 152 Å². The van der Waals surface area contributed by atoms with Crippen molar-refractivity contribution in [3.63, 3.8) is 0 Å². The molecule has 3 N–H and O–H groups in total. The van der Waals surface area contributed by atoms with Crippen molar-refractivity contribution in [2.24, 2.45) is 0 Å². The number of phosphoric acid groups is 2. The Bertz CT molecular complexity index is 2950. The molecule has 103 heavy (non-hydrogen) atoms. The number of unbranched alkanes of at least 4 members (excludes halogenated alkanes) is 24. The van der Waals surface area contributed by atoms with Crippen LogP contribution < -0.4 is 16.0 Å². The normalized spacial score (nSPS) is 12.9. The van der Waals surface area contributed by atoms with Gasteiger partial charge in [0.05, 0.1) is 71.2 Å². The van der Waals surface area contributed by atoms with Gasteiger partial charge >= 0.3 is 21.6 Å². The Hall–Kier alpha value is -5.84. The summed E-state index contributed by atoms with van der Waals surface area (Å²) in [6.45, 7) is 6.17. The van der Waals surface area contributed by atoms with Gasteiger partial charge in [-0.2, -0.15) is 0 Å². The van der Waals surface area contributed by atoms with Gasteiger partial charge in [-0.05, 0) is 66.3 Å². The fourth-order valence-electron chi connectivity index (χ4n) is 12.1. The molecule has 3 amide bonds. The van der Waals surface area contributed by atoms with Gasteiger partial charge in [0.2, 0.25) is 17.7 Å². The van der Waals surface area contributed by atoms with Crippen LogP contribution in [0.4, 0.5) is 0 Å². The van der Waals surface area contributed by atoms with Crippen molar-refractivity contribution in [2.45, 2.75) is 303 Å². The monoisotopic (exact) mass is 1460 g/mol. The first kappa shape index (κ1) is 87.8. The summed E-state index contributed by atoms with van der Waals surface area (Å²) in [6, 6.07) is 44.9. The largest absolute Gasteiger partial charge is 0.475 e. The van der Waals surface area contributed by atoms with Gasteiger partial charge in [0, 0.05) is 19.4 Å². The Morgan fingerprint density at radius 2 is 0.709 bits per heavy atom. The minimum absolute atomic E-state index is 0.0628. The van der Waals surface area contributed by atoms with E-state index in [-0.39, 0.29) is 96.6 Å². The Labute approximate surface area is 619 Å². The second-order valence-corrected chi connectivity index (χ2v) is 30.8. The number of hydrogen-bond acceptors (Lipinski definition) is 14. The summed E-state index contributed by atoms with van der Waals surface area (Å²) in [7, 11) is -8.61. The molecule has 572 valence electrons. The molecule has 0 saturated carbocycles. The molecule has 5 rings (SSSR count). The highest BCUT2D eigenvalue weighted by Gasteiger charge is 2.32. The van der Waals surface area contributed by atoms with Crippen molar-refractivity contribution in [3.8, 4) is 0 Å². The molecule has 4 atom stereocenters. The number of benzene rings is 5. The third-order valence-corrected chi connectivity index (χ3v) is 21.0. The molecule has 0 aromatic heterocycles. The average molecular weight is 1460 g/mol. The van der Waals surface area contributed by atoms with E-state index in [1.54, 1.807) is 0 Å². The fraction of sp³-hybridized carbons (Fsp3) is 0.595. The maximum atomic E-state index is 14.7. The number of phosphoric ester groups is 2. The van der Waals surface area contributed by atoms with Gasteiger partial charge < -0.3 is 25.4 Å². The number of carbonyl (C=O) groups is 4. The van der Waals surface area contributed by atoms with E-state index in [0.29, 0.717) is 25.9 Å². The molecule has 0 spiro atoms. The lowest BCUT2D eigenvalue weighted by atomic mass is 10.0. The number of ether oxygens (including phenoxy) is 2. The second-order valence-electron chi connectivity index (χ2n) is 27.4. The lowest BCUT2D eigenvalue weighted by Gasteiger charge is -2.25. The first-order valence-corrected chi connectivity index (χ1v) is 42.2. The molecule has 0 aliphatic heterocycles. The van der Waals surface area contributed by atoms with Crippen LogP contribution in [0.1, 0.15) is 273 Å². The topological polar surface area (TPSA) is 212 Å². The lowest BCUT2D eigenvalue weighted by Crippen LogP contribution is -2.48. The van der Waals surface area contributed by atoms with Crippen LogP contribution in [0.5, 0.6) is 0 Å². The summed E-state index contributed by atoms with van der Waals surface area (Å²) >= 11 is 0. The van der Waals surface area contributed by atoms with Gasteiger partial charge in [0.15, 0.2) is 0 Å². The molecule has 0 aliphatic carbocycles. The maximum Gasteiger partial charge on any atom is 0.475 e. The molecule has 0 heterocycles. The van der Waals surface area contributed by atoms with Crippen LogP contribution >= 0.6 is 15.6 Å². The molecule has 0 saturated heterocycles. The molecule has 0 bridgehead atoms. The van der Waals surface area contributed by atoms with E-state index in [4.69, 9.17) is 36.6 Å². The first-order valence-electron chi connectivity index (χ1n) is 39.3. The summed E-state index contributed by atoms with van der Waals surface area (Å²) in [5.41, 5.74) is 3.98. The van der Waals surface area contributed by atoms with Gasteiger partial charge in [-0.1, -0.05) is 333 Å². The molecular formula is C84H127N3O14P2. The number of amides is 3. The number of rotatable bonds is 64. The number of hydrogen-bond donors (Lipinski definition) is 3. The minimum atomic E-state index is -4.31. The van der Waals surface area contributed by atoms with Crippen molar-refractivity contribution >= 4 is 39.3 Å². The predicted molar refractivity (Wildman–Crippen MR) is 412 cm³/mol. The summed E-state index contributed by atoms with van der Waals surface area (Å²) in [4.78, 5) is 57.1. The van der Waals surface area contributed by atoms with Crippen molar-refractivity contribution in [1.29, 1.82) is 0 Å². The lowest BCUT2D eigenvalue weighted by molar-refractivity contribution is -0.151. The maximum absolute atomic E-state index is 14.7. The number of carbonyl (C=O) groups excluding carboxylic acids is 4.